The molecule has 2 aliphatic rings. The van der Waals surface area contributed by atoms with E-state index in [0.717, 1.165) is 18.2 Å². The van der Waals surface area contributed by atoms with Crippen molar-refractivity contribution in [2.24, 2.45) is 0 Å². The second-order valence-corrected chi connectivity index (χ2v) is 7.61. The molecule has 2 aromatic rings. The molecule has 182 valence electrons. The molecule has 1 fully saturated rings. The first kappa shape index (κ1) is 23.2. The van der Waals surface area contributed by atoms with Crippen LogP contribution in [0.15, 0.2) is 18.2 Å². The van der Waals surface area contributed by atoms with E-state index in [1.165, 1.54) is 7.11 Å². The Bertz CT molecular complexity index is 1160. The van der Waals surface area contributed by atoms with Crippen LogP contribution in [0.5, 0.6) is 34.5 Å². The Morgan fingerprint density at radius 2 is 1.71 bits per heavy atom. The molecule has 7 N–H and O–H groups in total. The van der Waals surface area contributed by atoms with E-state index in [9.17, 15) is 45.3 Å². The standard InChI is InChI=1S/C21H20O13/c1-31-10-3-6(2-8(23)13(10)25)20(29)33-18-15(27)11(5-22)32-17-12-7(21(30)34-19(17)18)4-9(24)14(26)16(12)28/h2-4,11,15,17-19,22-28H,5H2,1H3. The number of phenols is 5. The number of esters is 2. The lowest BCUT2D eigenvalue weighted by Gasteiger charge is -2.45. The third-order valence-corrected chi connectivity index (χ3v) is 5.64. The highest BCUT2D eigenvalue weighted by molar-refractivity contribution is 5.95. The summed E-state index contributed by atoms with van der Waals surface area (Å²) < 4.78 is 21.1. The van der Waals surface area contributed by atoms with Gasteiger partial charge in [0.05, 0.1) is 24.8 Å². The summed E-state index contributed by atoms with van der Waals surface area (Å²) in [4.78, 5) is 25.4. The van der Waals surface area contributed by atoms with Gasteiger partial charge in [0.15, 0.2) is 35.2 Å². The van der Waals surface area contributed by atoms with Gasteiger partial charge in [0.1, 0.15) is 18.3 Å². The summed E-state index contributed by atoms with van der Waals surface area (Å²) in [7, 11) is 1.18. The van der Waals surface area contributed by atoms with Crippen LogP contribution in [0.3, 0.4) is 0 Å². The monoisotopic (exact) mass is 480 g/mol. The van der Waals surface area contributed by atoms with Crippen LogP contribution in [0.2, 0.25) is 0 Å². The molecule has 0 bridgehead atoms. The molecule has 13 nitrogen and oxygen atoms in total. The van der Waals surface area contributed by atoms with Crippen molar-refractivity contribution in [2.45, 2.75) is 30.5 Å². The van der Waals surface area contributed by atoms with Crippen molar-refractivity contribution in [3.63, 3.8) is 0 Å². The number of aromatic hydroxyl groups is 5. The number of phenolic OH excluding ortho intramolecular Hbond substituents is 5. The van der Waals surface area contributed by atoms with Gasteiger partial charge in [0, 0.05) is 5.56 Å². The van der Waals surface area contributed by atoms with Crippen LogP contribution in [-0.2, 0) is 14.2 Å². The lowest BCUT2D eigenvalue weighted by molar-refractivity contribution is -0.235. The smallest absolute Gasteiger partial charge is 0.339 e. The molecule has 0 radical (unpaired) electrons. The molecular formula is C21H20O13. The van der Waals surface area contributed by atoms with Gasteiger partial charge in [0.25, 0.3) is 0 Å². The SMILES string of the molecule is COc1cc(C(=O)OC2C(O)C(CO)OC3c4c(cc(O)c(O)c4O)C(=O)OC32)cc(O)c1O. The maximum Gasteiger partial charge on any atom is 0.339 e. The summed E-state index contributed by atoms with van der Waals surface area (Å²) >= 11 is 0. The predicted molar refractivity (Wildman–Crippen MR) is 107 cm³/mol. The maximum atomic E-state index is 12.8. The number of aliphatic hydroxyl groups excluding tert-OH is 2. The number of ether oxygens (including phenoxy) is 4. The highest BCUT2D eigenvalue weighted by Gasteiger charge is 2.54. The van der Waals surface area contributed by atoms with E-state index < -0.39 is 77.8 Å². The van der Waals surface area contributed by atoms with Gasteiger partial charge in [-0.2, -0.15) is 0 Å². The summed E-state index contributed by atoms with van der Waals surface area (Å²) in [6, 6.07) is 2.78. The molecule has 1 saturated heterocycles. The summed E-state index contributed by atoms with van der Waals surface area (Å²) in [5.41, 5.74) is -0.941. The van der Waals surface area contributed by atoms with E-state index in [1.54, 1.807) is 0 Å². The lowest BCUT2D eigenvalue weighted by Crippen LogP contribution is -2.59. The molecule has 0 aliphatic carbocycles. The molecule has 13 heteroatoms. The van der Waals surface area contributed by atoms with Crippen LogP contribution in [0.4, 0.5) is 0 Å². The lowest BCUT2D eigenvalue weighted by atomic mass is 9.86. The number of hydrogen-bond donors (Lipinski definition) is 7. The fraction of sp³-hybridized carbons (Fsp3) is 0.333. The van der Waals surface area contributed by atoms with Gasteiger partial charge in [-0.05, 0) is 18.2 Å². The average Bonchev–Trinajstić information content (AvgIpc) is 2.81. The van der Waals surface area contributed by atoms with Crippen molar-refractivity contribution in [1.82, 2.24) is 0 Å². The first-order valence-corrected chi connectivity index (χ1v) is 9.83. The van der Waals surface area contributed by atoms with Crippen LogP contribution in [0, 0.1) is 0 Å². The highest BCUT2D eigenvalue weighted by atomic mass is 16.6. The van der Waals surface area contributed by atoms with Gasteiger partial charge in [-0.25, -0.2) is 9.59 Å². The van der Waals surface area contributed by atoms with E-state index in [-0.39, 0.29) is 22.4 Å². The first-order valence-electron chi connectivity index (χ1n) is 9.83. The van der Waals surface area contributed by atoms with Crippen molar-refractivity contribution in [3.8, 4) is 34.5 Å². The van der Waals surface area contributed by atoms with Crippen molar-refractivity contribution in [3.05, 3.63) is 34.9 Å². The van der Waals surface area contributed by atoms with E-state index in [1.807, 2.05) is 0 Å². The minimum atomic E-state index is -1.70. The zero-order chi connectivity index (χ0) is 24.9. The van der Waals surface area contributed by atoms with Crippen LogP contribution >= 0.6 is 0 Å². The molecule has 2 aliphatic heterocycles. The van der Waals surface area contributed by atoms with Crippen LogP contribution in [-0.4, -0.2) is 85.8 Å². The number of aliphatic hydroxyl groups is 2. The number of benzene rings is 2. The number of hydrogen-bond acceptors (Lipinski definition) is 13. The molecule has 0 spiro atoms. The Morgan fingerprint density at radius 3 is 2.35 bits per heavy atom. The third-order valence-electron chi connectivity index (χ3n) is 5.64. The highest BCUT2D eigenvalue weighted by Crippen LogP contribution is 2.50. The Labute approximate surface area is 190 Å². The van der Waals surface area contributed by atoms with E-state index in [0.29, 0.717) is 0 Å². The van der Waals surface area contributed by atoms with Crippen molar-refractivity contribution < 1.29 is 64.3 Å². The van der Waals surface area contributed by atoms with Gasteiger partial charge < -0.3 is 54.7 Å². The summed E-state index contributed by atoms with van der Waals surface area (Å²) in [5.74, 6) is -6.41. The normalized spacial score (nSPS) is 25.6. The molecule has 4 rings (SSSR count). The molecule has 0 aromatic heterocycles. The Balaban J connectivity index is 1.74. The molecule has 2 heterocycles. The second kappa shape index (κ2) is 8.44. The van der Waals surface area contributed by atoms with Crippen molar-refractivity contribution in [2.75, 3.05) is 13.7 Å². The van der Waals surface area contributed by atoms with Gasteiger partial charge in [0.2, 0.25) is 11.5 Å². The molecule has 5 unspecified atom stereocenters. The van der Waals surface area contributed by atoms with Gasteiger partial charge in [-0.15, -0.1) is 0 Å². The van der Waals surface area contributed by atoms with Crippen LogP contribution in [0.25, 0.3) is 0 Å². The summed E-state index contributed by atoms with van der Waals surface area (Å²) in [5, 5.41) is 69.9. The molecule has 0 saturated carbocycles. The zero-order valence-electron chi connectivity index (χ0n) is 17.4. The number of carbonyl (C=O) groups is 2. The number of fused-ring (bicyclic) bond motifs is 3. The van der Waals surface area contributed by atoms with Crippen molar-refractivity contribution in [1.29, 1.82) is 0 Å². The molecule has 34 heavy (non-hydrogen) atoms. The molecule has 0 amide bonds. The largest absolute Gasteiger partial charge is 0.504 e. The average molecular weight is 480 g/mol. The number of methoxy groups -OCH3 is 1. The van der Waals surface area contributed by atoms with Crippen molar-refractivity contribution >= 4 is 11.9 Å². The van der Waals surface area contributed by atoms with Crippen LogP contribution in [0.1, 0.15) is 32.4 Å². The van der Waals surface area contributed by atoms with Gasteiger partial charge >= 0.3 is 11.9 Å². The fourth-order valence-corrected chi connectivity index (χ4v) is 3.93. The van der Waals surface area contributed by atoms with E-state index >= 15 is 0 Å². The minimum absolute atomic E-state index is 0.246. The third kappa shape index (κ3) is 3.55. The zero-order valence-corrected chi connectivity index (χ0v) is 17.4. The van der Waals surface area contributed by atoms with E-state index in [4.69, 9.17) is 18.9 Å². The number of carbonyl (C=O) groups excluding carboxylic acids is 2. The van der Waals surface area contributed by atoms with Gasteiger partial charge in [-0.1, -0.05) is 0 Å². The molecule has 5 atom stereocenters. The topological polar surface area (TPSA) is 213 Å². The predicted octanol–water partition coefficient (Wildman–Crippen LogP) is -0.219. The fourth-order valence-electron chi connectivity index (χ4n) is 3.93. The maximum absolute atomic E-state index is 12.8. The Kier molecular flexibility index (Phi) is 5.77. The second-order valence-electron chi connectivity index (χ2n) is 7.61. The minimum Gasteiger partial charge on any atom is -0.504 e. The molecular weight excluding hydrogens is 460 g/mol. The molecule has 2 aromatic carbocycles. The van der Waals surface area contributed by atoms with Crippen LogP contribution < -0.4 is 4.74 Å². The van der Waals surface area contributed by atoms with Gasteiger partial charge in [-0.3, -0.25) is 0 Å². The van der Waals surface area contributed by atoms with E-state index in [2.05, 4.69) is 0 Å². The number of rotatable bonds is 4. The Hall–Kier alpha value is -3.94. The first-order chi connectivity index (χ1) is 16.1. The quantitative estimate of drug-likeness (QED) is 0.223. The Morgan fingerprint density at radius 1 is 1.03 bits per heavy atom. The summed E-state index contributed by atoms with van der Waals surface area (Å²) in [6.07, 6.45) is -7.67. The summed E-state index contributed by atoms with van der Waals surface area (Å²) in [6.45, 7) is -0.764.